The van der Waals surface area contributed by atoms with E-state index in [1.807, 2.05) is 0 Å². The number of hydrogen-bond donors (Lipinski definition) is 3. The van der Waals surface area contributed by atoms with Gasteiger partial charge in [-0.2, -0.15) is 0 Å². The van der Waals surface area contributed by atoms with Crippen molar-refractivity contribution in [3.63, 3.8) is 0 Å². The van der Waals surface area contributed by atoms with Crippen molar-refractivity contribution < 1.29 is 22.4 Å². The average molecular weight is 379 g/mol. The van der Waals surface area contributed by atoms with Crippen LogP contribution in [0, 0.1) is 5.82 Å². The van der Waals surface area contributed by atoms with E-state index in [1.165, 1.54) is 19.1 Å². The number of benzene rings is 2. The van der Waals surface area contributed by atoms with Crippen LogP contribution in [0.1, 0.15) is 13.3 Å². The van der Waals surface area contributed by atoms with E-state index in [1.54, 1.807) is 24.3 Å². The number of carbonyl (C=O) groups is 2. The van der Waals surface area contributed by atoms with Gasteiger partial charge in [0.15, 0.2) is 0 Å². The van der Waals surface area contributed by atoms with Crippen molar-refractivity contribution in [3.05, 3.63) is 54.3 Å². The maximum Gasteiger partial charge on any atom is 0.243 e. The number of amides is 2. The van der Waals surface area contributed by atoms with Crippen LogP contribution < -0.4 is 15.4 Å². The maximum atomic E-state index is 13.5. The summed E-state index contributed by atoms with van der Waals surface area (Å²) in [6, 6.07) is 11.4. The van der Waals surface area contributed by atoms with Gasteiger partial charge in [-0.1, -0.05) is 12.1 Å². The summed E-state index contributed by atoms with van der Waals surface area (Å²) in [5, 5.41) is 5.20. The van der Waals surface area contributed by atoms with Crippen LogP contribution in [0.15, 0.2) is 53.4 Å². The lowest BCUT2D eigenvalue weighted by Gasteiger charge is -2.09. The van der Waals surface area contributed by atoms with E-state index in [0.29, 0.717) is 11.4 Å². The number of anilines is 2. The summed E-state index contributed by atoms with van der Waals surface area (Å²) in [5.74, 6) is -1.47. The first-order valence-electron chi connectivity index (χ1n) is 7.69. The zero-order valence-electron chi connectivity index (χ0n) is 14.0. The topological polar surface area (TPSA) is 104 Å². The zero-order valence-corrected chi connectivity index (χ0v) is 14.8. The molecule has 0 bridgehead atoms. The molecule has 0 fully saturated rings. The Morgan fingerprint density at radius 3 is 2.12 bits per heavy atom. The summed E-state index contributed by atoms with van der Waals surface area (Å²) in [5.41, 5.74) is 1.09. The molecule has 3 N–H and O–H groups in total. The highest BCUT2D eigenvalue weighted by atomic mass is 32.2. The highest BCUT2D eigenvalue weighted by Gasteiger charge is 2.18. The minimum Gasteiger partial charge on any atom is -0.326 e. The largest absolute Gasteiger partial charge is 0.326 e. The van der Waals surface area contributed by atoms with Gasteiger partial charge in [-0.25, -0.2) is 17.5 Å². The molecule has 0 unspecified atom stereocenters. The van der Waals surface area contributed by atoms with E-state index in [9.17, 15) is 22.4 Å². The first-order chi connectivity index (χ1) is 12.3. The predicted molar refractivity (Wildman–Crippen MR) is 95.6 cm³/mol. The van der Waals surface area contributed by atoms with E-state index in [0.717, 1.165) is 12.1 Å². The number of rotatable bonds is 7. The standard InChI is InChI=1S/C17H18FN3O4S/c1-12(22)20-13-6-8-14(9-7-13)21-17(23)10-11-19-26(24,25)16-5-3-2-4-15(16)18/h2-9,19H,10-11H2,1H3,(H,20,22)(H,21,23). The van der Waals surface area contributed by atoms with Crippen LogP contribution in [0.3, 0.4) is 0 Å². The molecule has 0 aliphatic carbocycles. The third kappa shape index (κ3) is 5.64. The molecule has 2 aromatic rings. The SMILES string of the molecule is CC(=O)Nc1ccc(NC(=O)CCNS(=O)(=O)c2ccccc2F)cc1. The van der Waals surface area contributed by atoms with Gasteiger partial charge >= 0.3 is 0 Å². The molecule has 0 aromatic heterocycles. The molecule has 26 heavy (non-hydrogen) atoms. The molecule has 138 valence electrons. The molecule has 0 aliphatic heterocycles. The lowest BCUT2D eigenvalue weighted by molar-refractivity contribution is -0.116. The third-order valence-electron chi connectivity index (χ3n) is 3.26. The van der Waals surface area contributed by atoms with Gasteiger partial charge in [0.25, 0.3) is 0 Å². The lowest BCUT2D eigenvalue weighted by atomic mass is 10.2. The quantitative estimate of drug-likeness (QED) is 0.685. The summed E-state index contributed by atoms with van der Waals surface area (Å²) in [7, 11) is -4.02. The molecule has 2 amide bonds. The second-order valence-corrected chi connectivity index (χ2v) is 7.12. The van der Waals surface area contributed by atoms with Gasteiger partial charge in [-0.05, 0) is 36.4 Å². The summed E-state index contributed by atoms with van der Waals surface area (Å²) >= 11 is 0. The Labute approximate surface area is 150 Å². The summed E-state index contributed by atoms with van der Waals surface area (Å²) < 4.78 is 39.7. The van der Waals surface area contributed by atoms with Crippen LogP contribution in [0.2, 0.25) is 0 Å². The lowest BCUT2D eigenvalue weighted by Crippen LogP contribution is -2.28. The molecule has 2 rings (SSSR count). The molecule has 0 saturated heterocycles. The van der Waals surface area contributed by atoms with Crippen molar-refractivity contribution in [1.82, 2.24) is 4.72 Å². The smallest absolute Gasteiger partial charge is 0.243 e. The predicted octanol–water partition coefficient (Wildman–Crippen LogP) is 2.09. The van der Waals surface area contributed by atoms with Crippen LogP contribution in [0.25, 0.3) is 0 Å². The number of carbonyl (C=O) groups excluding carboxylic acids is 2. The van der Waals surface area contributed by atoms with Gasteiger partial charge in [0.2, 0.25) is 21.8 Å². The molecule has 9 heteroatoms. The average Bonchev–Trinajstić information content (AvgIpc) is 2.56. The molecule has 2 aromatic carbocycles. The molecule has 0 spiro atoms. The molecule has 0 saturated carbocycles. The number of halogens is 1. The Bertz CT molecular complexity index is 898. The number of sulfonamides is 1. The second kappa shape index (κ2) is 8.54. The molecular weight excluding hydrogens is 361 g/mol. The van der Waals surface area contributed by atoms with Crippen molar-refractivity contribution in [2.45, 2.75) is 18.2 Å². The van der Waals surface area contributed by atoms with Crippen molar-refractivity contribution in [2.75, 3.05) is 17.2 Å². The Hall–Kier alpha value is -2.78. The van der Waals surface area contributed by atoms with Crippen LogP contribution >= 0.6 is 0 Å². The van der Waals surface area contributed by atoms with E-state index in [2.05, 4.69) is 15.4 Å². The summed E-state index contributed by atoms with van der Waals surface area (Å²) in [6.45, 7) is 1.21. The van der Waals surface area contributed by atoms with Crippen LogP contribution in [0.5, 0.6) is 0 Å². The summed E-state index contributed by atoms with van der Waals surface area (Å²) in [4.78, 5) is 22.3. The fourth-order valence-corrected chi connectivity index (χ4v) is 3.21. The molecule has 0 radical (unpaired) electrons. The second-order valence-electron chi connectivity index (χ2n) is 5.38. The molecule has 0 heterocycles. The number of hydrogen-bond acceptors (Lipinski definition) is 4. The first-order valence-corrected chi connectivity index (χ1v) is 9.18. The van der Waals surface area contributed by atoms with E-state index >= 15 is 0 Å². The van der Waals surface area contributed by atoms with Crippen LogP contribution in [0.4, 0.5) is 15.8 Å². The van der Waals surface area contributed by atoms with E-state index in [4.69, 9.17) is 0 Å². The molecule has 0 aliphatic rings. The highest BCUT2D eigenvalue weighted by Crippen LogP contribution is 2.14. The van der Waals surface area contributed by atoms with Gasteiger partial charge in [-0.15, -0.1) is 0 Å². The van der Waals surface area contributed by atoms with Crippen LogP contribution in [-0.2, 0) is 19.6 Å². The Morgan fingerprint density at radius 1 is 0.962 bits per heavy atom. The number of nitrogens with one attached hydrogen (secondary N) is 3. The monoisotopic (exact) mass is 379 g/mol. The molecule has 7 nitrogen and oxygen atoms in total. The van der Waals surface area contributed by atoms with Crippen molar-refractivity contribution in [2.24, 2.45) is 0 Å². The van der Waals surface area contributed by atoms with Gasteiger partial charge < -0.3 is 10.6 Å². The molecular formula is C17H18FN3O4S. The minimum atomic E-state index is -4.02. The zero-order chi connectivity index (χ0) is 19.2. The maximum absolute atomic E-state index is 13.5. The Balaban J connectivity index is 1.85. The highest BCUT2D eigenvalue weighted by molar-refractivity contribution is 7.89. The Morgan fingerprint density at radius 2 is 1.54 bits per heavy atom. The van der Waals surface area contributed by atoms with Crippen molar-refractivity contribution >= 4 is 33.2 Å². The van der Waals surface area contributed by atoms with Crippen molar-refractivity contribution in [1.29, 1.82) is 0 Å². The first kappa shape index (κ1) is 19.5. The van der Waals surface area contributed by atoms with Gasteiger partial charge in [-0.3, -0.25) is 9.59 Å². The molecule has 0 atom stereocenters. The fraction of sp³-hybridized carbons (Fsp3) is 0.176. The fourth-order valence-electron chi connectivity index (χ4n) is 2.10. The van der Waals surface area contributed by atoms with Gasteiger partial charge in [0, 0.05) is 31.3 Å². The van der Waals surface area contributed by atoms with E-state index < -0.39 is 26.6 Å². The summed E-state index contributed by atoms with van der Waals surface area (Å²) in [6.07, 6.45) is -0.124. The Kier molecular flexibility index (Phi) is 6.42. The van der Waals surface area contributed by atoms with E-state index in [-0.39, 0.29) is 18.9 Å². The van der Waals surface area contributed by atoms with Gasteiger partial charge in [0.1, 0.15) is 10.7 Å². The van der Waals surface area contributed by atoms with Crippen molar-refractivity contribution in [3.8, 4) is 0 Å². The minimum absolute atomic E-state index is 0.124. The third-order valence-corrected chi connectivity index (χ3v) is 4.75. The van der Waals surface area contributed by atoms with Gasteiger partial charge in [0.05, 0.1) is 0 Å². The van der Waals surface area contributed by atoms with Crippen LogP contribution in [-0.4, -0.2) is 26.8 Å². The normalized spacial score (nSPS) is 11.0.